The first-order valence-electron chi connectivity index (χ1n) is 7.44. The minimum atomic E-state index is -0.662. The normalized spacial score (nSPS) is 29.0. The molecular weight excluding hydrogens is 298 g/mol. The van der Waals surface area contributed by atoms with Crippen molar-refractivity contribution in [2.45, 2.75) is 24.7 Å². The fourth-order valence-corrected chi connectivity index (χ4v) is 3.45. The van der Waals surface area contributed by atoms with Gasteiger partial charge in [-0.3, -0.25) is 14.3 Å². The van der Waals surface area contributed by atoms with Crippen molar-refractivity contribution in [3.8, 4) is 0 Å². The molecule has 1 fully saturated rings. The summed E-state index contributed by atoms with van der Waals surface area (Å²) in [5.74, 6) is -0.291. The zero-order valence-corrected chi connectivity index (χ0v) is 12.1. The van der Waals surface area contributed by atoms with E-state index in [1.807, 2.05) is 30.3 Å². The number of hydrogen-bond donors (Lipinski definition) is 2. The molecule has 1 aliphatic carbocycles. The molecule has 23 heavy (non-hydrogen) atoms. The van der Waals surface area contributed by atoms with Gasteiger partial charge in [-0.2, -0.15) is 0 Å². The molecule has 4 rings (SSSR count). The fraction of sp³-hybridized carbons (Fsp3) is 0.312. The first kappa shape index (κ1) is 14.0. The molecule has 0 unspecified atom stereocenters. The standard InChI is InChI=1S/C16H15N3O4/c20-11-8-10(19-7-6-12(21)17-16(19)22)15-13(11)14(18-23-15)9-4-2-1-3-5-9/h1-7,10-11,13,15,20H,8H2,(H,17,21,22)/t10-,11+,13+,15+/m1/s1. The van der Waals surface area contributed by atoms with Gasteiger partial charge < -0.3 is 9.94 Å². The van der Waals surface area contributed by atoms with Crippen LogP contribution in [0.4, 0.5) is 0 Å². The molecule has 2 N–H and O–H groups in total. The van der Waals surface area contributed by atoms with Gasteiger partial charge in [0.2, 0.25) is 0 Å². The molecule has 0 bridgehead atoms. The highest BCUT2D eigenvalue weighted by Crippen LogP contribution is 2.42. The number of oxime groups is 1. The summed E-state index contributed by atoms with van der Waals surface area (Å²) in [5.41, 5.74) is 0.638. The number of aliphatic hydroxyl groups excluding tert-OH is 1. The van der Waals surface area contributed by atoms with Crippen molar-refractivity contribution in [1.82, 2.24) is 9.55 Å². The van der Waals surface area contributed by atoms with Crippen molar-refractivity contribution in [2.24, 2.45) is 11.1 Å². The first-order valence-corrected chi connectivity index (χ1v) is 7.44. The average molecular weight is 313 g/mol. The second-order valence-corrected chi connectivity index (χ2v) is 5.83. The molecule has 0 amide bonds. The van der Waals surface area contributed by atoms with Crippen LogP contribution in [0.3, 0.4) is 0 Å². The molecule has 1 aromatic carbocycles. The van der Waals surface area contributed by atoms with Gasteiger partial charge in [0.25, 0.3) is 5.56 Å². The average Bonchev–Trinajstić information content (AvgIpc) is 3.10. The predicted octanol–water partition coefficient (Wildman–Crippen LogP) is 0.262. The molecule has 7 nitrogen and oxygen atoms in total. The van der Waals surface area contributed by atoms with E-state index in [1.54, 1.807) is 0 Å². The highest BCUT2D eigenvalue weighted by atomic mass is 16.6. The van der Waals surface area contributed by atoms with Crippen LogP contribution in [0.15, 0.2) is 57.3 Å². The topological polar surface area (TPSA) is 96.7 Å². The van der Waals surface area contributed by atoms with Gasteiger partial charge in [-0.05, 0) is 12.0 Å². The smallest absolute Gasteiger partial charge is 0.328 e. The van der Waals surface area contributed by atoms with Crippen LogP contribution < -0.4 is 11.2 Å². The quantitative estimate of drug-likeness (QED) is 0.831. The highest BCUT2D eigenvalue weighted by Gasteiger charge is 2.51. The largest absolute Gasteiger partial charge is 0.392 e. The van der Waals surface area contributed by atoms with Crippen molar-refractivity contribution in [3.05, 3.63) is 69.0 Å². The molecule has 0 saturated heterocycles. The van der Waals surface area contributed by atoms with Gasteiger partial charge in [-0.15, -0.1) is 0 Å². The molecule has 0 radical (unpaired) electrons. The number of fused-ring (bicyclic) bond motifs is 1. The van der Waals surface area contributed by atoms with Crippen molar-refractivity contribution < 1.29 is 9.94 Å². The van der Waals surface area contributed by atoms with Crippen LogP contribution in [0.5, 0.6) is 0 Å². The van der Waals surface area contributed by atoms with E-state index < -0.39 is 23.5 Å². The Labute approximate surface area is 130 Å². The van der Waals surface area contributed by atoms with E-state index in [-0.39, 0.29) is 12.0 Å². The first-order chi connectivity index (χ1) is 11.1. The minimum Gasteiger partial charge on any atom is -0.392 e. The summed E-state index contributed by atoms with van der Waals surface area (Å²) in [6.07, 6.45) is 0.715. The number of aromatic nitrogens is 2. The molecule has 2 heterocycles. The Morgan fingerprint density at radius 1 is 1.22 bits per heavy atom. The molecule has 1 saturated carbocycles. The number of nitrogens with one attached hydrogen (secondary N) is 1. The number of aromatic amines is 1. The van der Waals surface area contributed by atoms with E-state index in [4.69, 9.17) is 4.84 Å². The zero-order chi connectivity index (χ0) is 16.0. The molecule has 1 aromatic heterocycles. The van der Waals surface area contributed by atoms with Crippen LogP contribution in [0.2, 0.25) is 0 Å². The summed E-state index contributed by atoms with van der Waals surface area (Å²) < 4.78 is 1.40. The number of H-pyrrole nitrogens is 1. The maximum absolute atomic E-state index is 12.0. The van der Waals surface area contributed by atoms with Crippen LogP contribution in [-0.4, -0.2) is 32.6 Å². The maximum atomic E-state index is 12.0. The molecule has 4 atom stereocenters. The van der Waals surface area contributed by atoms with Gasteiger partial charge in [0.1, 0.15) is 0 Å². The Morgan fingerprint density at radius 3 is 2.74 bits per heavy atom. The van der Waals surface area contributed by atoms with E-state index in [0.29, 0.717) is 12.1 Å². The van der Waals surface area contributed by atoms with Crippen LogP contribution in [0, 0.1) is 5.92 Å². The lowest BCUT2D eigenvalue weighted by molar-refractivity contribution is 0.0362. The fourth-order valence-electron chi connectivity index (χ4n) is 3.45. The van der Waals surface area contributed by atoms with E-state index in [2.05, 4.69) is 10.1 Å². The second-order valence-electron chi connectivity index (χ2n) is 5.83. The van der Waals surface area contributed by atoms with Gasteiger partial charge in [-0.1, -0.05) is 35.5 Å². The maximum Gasteiger partial charge on any atom is 0.328 e. The van der Waals surface area contributed by atoms with E-state index in [0.717, 1.165) is 5.56 Å². The second kappa shape index (κ2) is 5.20. The van der Waals surface area contributed by atoms with Gasteiger partial charge in [-0.25, -0.2) is 4.79 Å². The number of benzene rings is 1. The molecule has 2 aromatic rings. The Balaban J connectivity index is 1.69. The number of aliphatic hydroxyl groups is 1. The van der Waals surface area contributed by atoms with Crippen molar-refractivity contribution in [2.75, 3.05) is 0 Å². The SMILES string of the molecule is O=c1ccn([C@@H]2C[C@H](O)[C@H]3C(c4ccccc4)=NO[C@H]32)c(=O)[nH]1. The number of hydrogen-bond acceptors (Lipinski definition) is 5. The molecule has 0 spiro atoms. The van der Waals surface area contributed by atoms with E-state index in [9.17, 15) is 14.7 Å². The lowest BCUT2D eigenvalue weighted by atomic mass is 9.92. The third-order valence-electron chi connectivity index (χ3n) is 4.50. The molecule has 1 aliphatic heterocycles. The number of nitrogens with zero attached hydrogens (tertiary/aromatic N) is 2. The Bertz CT molecular complexity index is 871. The number of rotatable bonds is 2. The van der Waals surface area contributed by atoms with Crippen LogP contribution in [0.1, 0.15) is 18.0 Å². The summed E-state index contributed by atoms with van der Waals surface area (Å²) in [6.45, 7) is 0. The van der Waals surface area contributed by atoms with Crippen molar-refractivity contribution in [3.63, 3.8) is 0 Å². The Kier molecular flexibility index (Phi) is 3.16. The summed E-state index contributed by atoms with van der Waals surface area (Å²) in [6, 6.07) is 10.4. The zero-order valence-electron chi connectivity index (χ0n) is 12.1. The summed E-state index contributed by atoms with van der Waals surface area (Å²) in [5, 5.41) is 14.6. The predicted molar refractivity (Wildman–Crippen MR) is 82.3 cm³/mol. The van der Waals surface area contributed by atoms with Crippen LogP contribution in [0.25, 0.3) is 0 Å². The third kappa shape index (κ3) is 2.20. The van der Waals surface area contributed by atoms with E-state index >= 15 is 0 Å². The van der Waals surface area contributed by atoms with Crippen molar-refractivity contribution >= 4 is 5.71 Å². The molecular formula is C16H15N3O4. The lowest BCUT2D eigenvalue weighted by Crippen LogP contribution is -2.36. The van der Waals surface area contributed by atoms with Gasteiger partial charge in [0.15, 0.2) is 6.10 Å². The van der Waals surface area contributed by atoms with Crippen molar-refractivity contribution in [1.29, 1.82) is 0 Å². The van der Waals surface area contributed by atoms with Crippen LogP contribution in [-0.2, 0) is 4.84 Å². The minimum absolute atomic E-state index is 0.291. The molecule has 118 valence electrons. The molecule has 2 aliphatic rings. The van der Waals surface area contributed by atoms with Gasteiger partial charge in [0, 0.05) is 12.3 Å². The monoisotopic (exact) mass is 313 g/mol. The van der Waals surface area contributed by atoms with Gasteiger partial charge >= 0.3 is 5.69 Å². The highest BCUT2D eigenvalue weighted by molar-refractivity contribution is 6.03. The third-order valence-corrected chi connectivity index (χ3v) is 4.50. The molecule has 7 heteroatoms. The summed E-state index contributed by atoms with van der Waals surface area (Å²) >= 11 is 0. The van der Waals surface area contributed by atoms with E-state index in [1.165, 1.54) is 16.8 Å². The van der Waals surface area contributed by atoms with Gasteiger partial charge in [0.05, 0.1) is 23.8 Å². The summed E-state index contributed by atoms with van der Waals surface area (Å²) in [7, 11) is 0. The van der Waals surface area contributed by atoms with Crippen LogP contribution >= 0.6 is 0 Å². The lowest BCUT2D eigenvalue weighted by Gasteiger charge is -2.18. The Hall–Kier alpha value is -2.67. The summed E-state index contributed by atoms with van der Waals surface area (Å²) in [4.78, 5) is 31.0. The Morgan fingerprint density at radius 2 is 2.00 bits per heavy atom.